The molecule has 0 amide bonds. The fourth-order valence-electron chi connectivity index (χ4n) is 5.67. The normalized spacial score (nSPS) is 19.4. The minimum atomic E-state index is -1.26. The van der Waals surface area contributed by atoms with E-state index in [9.17, 15) is 14.4 Å². The lowest BCUT2D eigenvalue weighted by molar-refractivity contribution is -0.134. The summed E-state index contributed by atoms with van der Waals surface area (Å²) in [7, 11) is 0. The number of benzene rings is 2. The van der Waals surface area contributed by atoms with Crippen LogP contribution < -0.4 is 5.69 Å². The predicted molar refractivity (Wildman–Crippen MR) is 150 cm³/mol. The van der Waals surface area contributed by atoms with Gasteiger partial charge < -0.3 is 24.5 Å². The first-order valence-electron chi connectivity index (χ1n) is 13.2. The van der Waals surface area contributed by atoms with Crippen molar-refractivity contribution in [1.29, 1.82) is 0 Å². The third kappa shape index (κ3) is 5.63. The number of carboxylic acids is 2. The standard InChI is InChI=1S/C26H28N4O2.C4H4O4/c1-26(24-11-6-14-29(24)22-9-4-2-7-19(22)17-32-26)18-28-15-12-20(13-16-28)30-23-10-5-3-8-21(23)27-25(30)31;5-3(6)1-2-4(7)8/h2-11,14,20H,12-13,15-18H2,1H3,(H,27,31);1-2H,(H,5,6)(H,7,8). The molecule has 4 aromatic rings. The summed E-state index contributed by atoms with van der Waals surface area (Å²) in [6, 6.07) is 21.0. The van der Waals surface area contributed by atoms with Crippen LogP contribution in [-0.2, 0) is 26.5 Å². The van der Waals surface area contributed by atoms with E-state index >= 15 is 0 Å². The predicted octanol–water partition coefficient (Wildman–Crippen LogP) is 3.91. The molecule has 0 aliphatic carbocycles. The number of ether oxygens (including phenoxy) is 1. The third-order valence-corrected chi connectivity index (χ3v) is 7.53. The molecular formula is C30H32N4O6. The zero-order chi connectivity index (χ0) is 28.3. The van der Waals surface area contributed by atoms with Crippen LogP contribution in [0.3, 0.4) is 0 Å². The molecule has 1 atom stereocenters. The van der Waals surface area contributed by atoms with Crippen LogP contribution in [0.25, 0.3) is 16.7 Å². The Bertz CT molecular complexity index is 1590. The number of hydrogen-bond acceptors (Lipinski definition) is 5. The Morgan fingerprint density at radius 2 is 1.68 bits per heavy atom. The number of nitrogens with zero attached hydrogens (tertiary/aromatic N) is 3. The maximum Gasteiger partial charge on any atom is 0.328 e. The van der Waals surface area contributed by atoms with Gasteiger partial charge in [0.1, 0.15) is 5.60 Å². The second-order valence-electron chi connectivity index (χ2n) is 10.2. The Morgan fingerprint density at radius 1 is 1.00 bits per heavy atom. The molecule has 0 saturated carbocycles. The number of para-hydroxylation sites is 3. The quantitative estimate of drug-likeness (QED) is 0.325. The molecule has 10 heteroatoms. The monoisotopic (exact) mass is 544 g/mol. The van der Waals surface area contributed by atoms with Gasteiger partial charge >= 0.3 is 17.6 Å². The summed E-state index contributed by atoms with van der Waals surface area (Å²) in [6.45, 7) is 5.55. The third-order valence-electron chi connectivity index (χ3n) is 7.53. The van der Waals surface area contributed by atoms with E-state index < -0.39 is 17.5 Å². The van der Waals surface area contributed by atoms with E-state index in [0.29, 0.717) is 18.8 Å². The van der Waals surface area contributed by atoms with Crippen LogP contribution in [0.15, 0.2) is 83.8 Å². The van der Waals surface area contributed by atoms with Crippen molar-refractivity contribution in [2.75, 3.05) is 19.6 Å². The number of carbonyl (C=O) groups is 2. The van der Waals surface area contributed by atoms with E-state index in [0.717, 1.165) is 43.5 Å². The van der Waals surface area contributed by atoms with E-state index in [1.54, 1.807) is 0 Å². The van der Waals surface area contributed by atoms with Gasteiger partial charge in [0.05, 0.1) is 29.0 Å². The summed E-state index contributed by atoms with van der Waals surface area (Å²) in [5, 5.41) is 15.6. The highest BCUT2D eigenvalue weighted by molar-refractivity contribution is 5.89. The smallest absolute Gasteiger partial charge is 0.328 e. The van der Waals surface area contributed by atoms with Gasteiger partial charge in [0.25, 0.3) is 0 Å². The molecule has 2 aromatic heterocycles. The van der Waals surface area contributed by atoms with Gasteiger partial charge in [-0.25, -0.2) is 14.4 Å². The number of imidazole rings is 1. The summed E-state index contributed by atoms with van der Waals surface area (Å²) in [5.41, 5.74) is 5.13. The Balaban J connectivity index is 0.000000355. The highest BCUT2D eigenvalue weighted by Crippen LogP contribution is 2.36. The van der Waals surface area contributed by atoms with Crippen LogP contribution in [0.2, 0.25) is 0 Å². The Hall–Kier alpha value is -4.41. The number of H-pyrrole nitrogens is 1. The van der Waals surface area contributed by atoms with E-state index in [1.165, 1.54) is 16.9 Å². The fourth-order valence-corrected chi connectivity index (χ4v) is 5.67. The number of aromatic amines is 1. The minimum absolute atomic E-state index is 0.000643. The molecule has 1 saturated heterocycles. The molecule has 3 N–H and O–H groups in total. The van der Waals surface area contributed by atoms with Crippen molar-refractivity contribution in [2.24, 2.45) is 0 Å². The number of likely N-dealkylation sites (tertiary alicyclic amines) is 1. The molecule has 2 aliphatic rings. The molecule has 2 aromatic carbocycles. The highest BCUT2D eigenvalue weighted by Gasteiger charge is 2.37. The SMILES string of the molecule is CC1(CN2CCC(n3c(=O)[nH]c4ccccc43)CC2)OCc2ccccc2-n2cccc21.O=C(O)C=CC(=O)O. The summed E-state index contributed by atoms with van der Waals surface area (Å²) in [6.07, 6.45) is 5.17. The lowest BCUT2D eigenvalue weighted by atomic mass is 9.98. The molecule has 4 heterocycles. The summed E-state index contributed by atoms with van der Waals surface area (Å²) >= 11 is 0. The van der Waals surface area contributed by atoms with Crippen molar-refractivity contribution < 1.29 is 24.5 Å². The topological polar surface area (TPSA) is 130 Å². The average molecular weight is 545 g/mol. The number of fused-ring (bicyclic) bond motifs is 4. The van der Waals surface area contributed by atoms with E-state index in [1.807, 2.05) is 28.8 Å². The molecule has 0 bridgehead atoms. The summed E-state index contributed by atoms with van der Waals surface area (Å²) < 4.78 is 10.8. The number of rotatable bonds is 5. The van der Waals surface area contributed by atoms with Gasteiger partial charge in [-0.15, -0.1) is 0 Å². The van der Waals surface area contributed by atoms with Crippen LogP contribution in [-0.4, -0.2) is 60.8 Å². The first kappa shape index (κ1) is 27.2. The number of nitrogens with one attached hydrogen (secondary N) is 1. The van der Waals surface area contributed by atoms with Crippen LogP contribution in [0.4, 0.5) is 0 Å². The van der Waals surface area contributed by atoms with Gasteiger partial charge in [0, 0.05) is 49.6 Å². The van der Waals surface area contributed by atoms with Crippen molar-refractivity contribution in [2.45, 2.75) is 38.0 Å². The number of carboxylic acid groups (broad SMARTS) is 2. The second kappa shape index (κ2) is 11.4. The van der Waals surface area contributed by atoms with Crippen molar-refractivity contribution in [1.82, 2.24) is 19.0 Å². The van der Waals surface area contributed by atoms with Gasteiger partial charge in [-0.2, -0.15) is 0 Å². The average Bonchev–Trinajstić information content (AvgIpc) is 3.54. The van der Waals surface area contributed by atoms with Crippen molar-refractivity contribution in [3.05, 3.63) is 101 Å². The zero-order valence-electron chi connectivity index (χ0n) is 22.2. The van der Waals surface area contributed by atoms with Gasteiger partial charge in [0.15, 0.2) is 0 Å². The van der Waals surface area contributed by atoms with Gasteiger partial charge in [-0.1, -0.05) is 30.3 Å². The Kier molecular flexibility index (Phi) is 7.72. The van der Waals surface area contributed by atoms with Crippen LogP contribution in [0.1, 0.15) is 37.1 Å². The minimum Gasteiger partial charge on any atom is -0.478 e. The first-order chi connectivity index (χ1) is 19.2. The van der Waals surface area contributed by atoms with Crippen LogP contribution in [0.5, 0.6) is 0 Å². The maximum absolute atomic E-state index is 12.6. The lowest BCUT2D eigenvalue weighted by Crippen LogP contribution is -2.45. The first-order valence-corrected chi connectivity index (χ1v) is 13.2. The maximum atomic E-state index is 12.6. The Labute approximate surface area is 230 Å². The molecule has 6 rings (SSSR count). The number of piperidine rings is 1. The molecule has 10 nitrogen and oxygen atoms in total. The lowest BCUT2D eigenvalue weighted by Gasteiger charge is -2.39. The van der Waals surface area contributed by atoms with E-state index in [4.69, 9.17) is 14.9 Å². The number of aliphatic carboxylic acids is 2. The largest absolute Gasteiger partial charge is 0.478 e. The molecule has 208 valence electrons. The number of aromatic nitrogens is 3. The molecular weight excluding hydrogens is 512 g/mol. The summed E-state index contributed by atoms with van der Waals surface area (Å²) in [4.78, 5) is 37.2. The highest BCUT2D eigenvalue weighted by atomic mass is 16.5. The molecule has 0 spiro atoms. The van der Waals surface area contributed by atoms with Crippen LogP contribution in [0, 0.1) is 0 Å². The molecule has 0 radical (unpaired) electrons. The molecule has 2 aliphatic heterocycles. The summed E-state index contributed by atoms with van der Waals surface area (Å²) in [5.74, 6) is -2.51. The van der Waals surface area contributed by atoms with Gasteiger partial charge in [0.2, 0.25) is 0 Å². The Morgan fingerprint density at radius 3 is 2.40 bits per heavy atom. The molecule has 1 fully saturated rings. The van der Waals surface area contributed by atoms with Gasteiger partial charge in [-0.3, -0.25) is 9.47 Å². The number of hydrogen-bond donors (Lipinski definition) is 3. The second-order valence-corrected chi connectivity index (χ2v) is 10.2. The van der Waals surface area contributed by atoms with E-state index in [-0.39, 0.29) is 11.7 Å². The van der Waals surface area contributed by atoms with Crippen molar-refractivity contribution in [3.63, 3.8) is 0 Å². The van der Waals surface area contributed by atoms with Crippen molar-refractivity contribution in [3.8, 4) is 5.69 Å². The molecule has 40 heavy (non-hydrogen) atoms. The van der Waals surface area contributed by atoms with Crippen LogP contribution >= 0.6 is 0 Å². The zero-order valence-corrected chi connectivity index (χ0v) is 22.2. The van der Waals surface area contributed by atoms with Gasteiger partial charge in [-0.05, 0) is 50.1 Å². The van der Waals surface area contributed by atoms with Crippen molar-refractivity contribution >= 4 is 23.0 Å². The van der Waals surface area contributed by atoms with E-state index in [2.05, 4.69) is 64.0 Å². The molecule has 1 unspecified atom stereocenters. The fraction of sp³-hybridized carbons (Fsp3) is 0.300.